The number of nitrogens with one attached hydrogen (secondary N) is 1. The van der Waals surface area contributed by atoms with Gasteiger partial charge in [-0.3, -0.25) is 9.78 Å². The molecular formula is C19H19N5O4S2. The van der Waals surface area contributed by atoms with E-state index >= 15 is 0 Å². The molecule has 156 valence electrons. The summed E-state index contributed by atoms with van der Waals surface area (Å²) in [4.78, 5) is 16.5. The average Bonchev–Trinajstić information content (AvgIpc) is 3.46. The molecule has 0 bridgehead atoms. The third kappa shape index (κ3) is 4.69. The summed E-state index contributed by atoms with van der Waals surface area (Å²) < 4.78 is 32.4. The van der Waals surface area contributed by atoms with Gasteiger partial charge in [0.25, 0.3) is 5.22 Å². The molecular weight excluding hydrogens is 426 g/mol. The number of carbonyl (C=O) groups is 1. The maximum atomic E-state index is 12.7. The van der Waals surface area contributed by atoms with E-state index in [4.69, 9.17) is 4.42 Å². The number of pyridine rings is 1. The molecule has 1 saturated heterocycles. The van der Waals surface area contributed by atoms with Gasteiger partial charge in [0.05, 0.1) is 16.2 Å². The van der Waals surface area contributed by atoms with Gasteiger partial charge in [0, 0.05) is 31.2 Å². The van der Waals surface area contributed by atoms with Crippen molar-refractivity contribution in [2.24, 2.45) is 0 Å². The number of rotatable bonds is 7. The van der Waals surface area contributed by atoms with E-state index in [0.29, 0.717) is 30.2 Å². The first-order valence-electron chi connectivity index (χ1n) is 9.29. The molecule has 0 unspecified atom stereocenters. The van der Waals surface area contributed by atoms with Crippen LogP contribution >= 0.6 is 11.8 Å². The van der Waals surface area contributed by atoms with Gasteiger partial charge in [0.15, 0.2) is 0 Å². The molecule has 9 nitrogen and oxygen atoms in total. The highest BCUT2D eigenvalue weighted by Crippen LogP contribution is 2.24. The number of benzene rings is 1. The first kappa shape index (κ1) is 20.5. The zero-order chi connectivity index (χ0) is 21.0. The number of hydrogen-bond acceptors (Lipinski definition) is 8. The van der Waals surface area contributed by atoms with Crippen molar-refractivity contribution >= 4 is 33.4 Å². The topological polar surface area (TPSA) is 118 Å². The highest BCUT2D eigenvalue weighted by molar-refractivity contribution is 7.99. The van der Waals surface area contributed by atoms with Crippen LogP contribution in [0.5, 0.6) is 0 Å². The van der Waals surface area contributed by atoms with Crippen LogP contribution < -0.4 is 5.32 Å². The van der Waals surface area contributed by atoms with Crippen LogP contribution in [-0.4, -0.2) is 52.7 Å². The quantitative estimate of drug-likeness (QED) is 0.552. The maximum absolute atomic E-state index is 12.7. The van der Waals surface area contributed by atoms with Gasteiger partial charge < -0.3 is 9.73 Å². The van der Waals surface area contributed by atoms with Crippen LogP contribution in [0.15, 0.2) is 63.3 Å². The van der Waals surface area contributed by atoms with E-state index in [1.807, 2.05) is 0 Å². The standard InChI is InChI=1S/C19H19N5O4S2/c25-17(13-29-19-23-22-18(28-19)14-5-4-8-20-12-14)21-15-6-3-7-16(11-15)30(26,27)24-9-1-2-10-24/h3-8,11-12H,1-2,9-10,13H2,(H,21,25). The van der Waals surface area contributed by atoms with E-state index in [2.05, 4.69) is 20.5 Å². The SMILES string of the molecule is O=C(CSc1nnc(-c2cccnc2)o1)Nc1cccc(S(=O)(=O)N2CCCC2)c1. The van der Waals surface area contributed by atoms with Gasteiger partial charge >= 0.3 is 0 Å². The van der Waals surface area contributed by atoms with Crippen molar-refractivity contribution in [2.75, 3.05) is 24.2 Å². The Kier molecular flexibility index (Phi) is 6.11. The number of amides is 1. The van der Waals surface area contributed by atoms with Gasteiger partial charge in [-0.25, -0.2) is 8.42 Å². The first-order chi connectivity index (χ1) is 14.5. The molecule has 1 N–H and O–H groups in total. The van der Waals surface area contributed by atoms with Crippen LogP contribution in [0.2, 0.25) is 0 Å². The summed E-state index contributed by atoms with van der Waals surface area (Å²) in [7, 11) is -3.54. The van der Waals surface area contributed by atoms with E-state index in [1.165, 1.54) is 16.4 Å². The van der Waals surface area contributed by atoms with Gasteiger partial charge in [-0.05, 0) is 43.2 Å². The molecule has 30 heavy (non-hydrogen) atoms. The van der Waals surface area contributed by atoms with E-state index in [1.54, 1.807) is 36.7 Å². The molecule has 0 saturated carbocycles. The van der Waals surface area contributed by atoms with Gasteiger partial charge in [0.2, 0.25) is 21.8 Å². The number of carbonyl (C=O) groups excluding carboxylic acids is 1. The minimum Gasteiger partial charge on any atom is -0.411 e. The number of hydrogen-bond donors (Lipinski definition) is 1. The van der Waals surface area contributed by atoms with Crippen LogP contribution in [0.1, 0.15) is 12.8 Å². The minimum atomic E-state index is -3.54. The summed E-state index contributed by atoms with van der Waals surface area (Å²) in [5.41, 5.74) is 1.11. The summed E-state index contributed by atoms with van der Waals surface area (Å²) in [5.74, 6) is 0.0558. The van der Waals surface area contributed by atoms with Gasteiger partial charge in [-0.2, -0.15) is 4.31 Å². The van der Waals surface area contributed by atoms with Crippen molar-refractivity contribution < 1.29 is 17.6 Å². The van der Waals surface area contributed by atoms with Crippen LogP contribution in [0.25, 0.3) is 11.5 Å². The van der Waals surface area contributed by atoms with Crippen LogP contribution in [0.4, 0.5) is 5.69 Å². The molecule has 4 rings (SSSR count). The molecule has 1 fully saturated rings. The fraction of sp³-hybridized carbons (Fsp3) is 0.263. The Bertz CT molecular complexity index is 1130. The number of nitrogens with zero attached hydrogens (tertiary/aromatic N) is 4. The Balaban J connectivity index is 1.36. The highest BCUT2D eigenvalue weighted by Gasteiger charge is 2.27. The number of aromatic nitrogens is 3. The van der Waals surface area contributed by atoms with Gasteiger partial charge in [-0.1, -0.05) is 17.8 Å². The van der Waals surface area contributed by atoms with Crippen molar-refractivity contribution in [2.45, 2.75) is 23.0 Å². The predicted octanol–water partition coefficient (Wildman–Crippen LogP) is 2.65. The minimum absolute atomic E-state index is 0.0395. The summed E-state index contributed by atoms with van der Waals surface area (Å²) >= 11 is 1.09. The second kappa shape index (κ2) is 8.94. The highest BCUT2D eigenvalue weighted by atomic mass is 32.2. The molecule has 1 aliphatic rings. The Morgan fingerprint density at radius 2 is 2.00 bits per heavy atom. The average molecular weight is 446 g/mol. The summed E-state index contributed by atoms with van der Waals surface area (Å²) in [6.07, 6.45) is 4.99. The van der Waals surface area contributed by atoms with Crippen molar-refractivity contribution in [1.82, 2.24) is 19.5 Å². The molecule has 3 aromatic rings. The molecule has 2 aromatic heterocycles. The Morgan fingerprint density at radius 3 is 2.77 bits per heavy atom. The molecule has 0 spiro atoms. The normalized spacial score (nSPS) is 14.7. The van der Waals surface area contributed by atoms with Crippen molar-refractivity contribution in [3.05, 3.63) is 48.8 Å². The Labute approximate surface area is 178 Å². The smallest absolute Gasteiger partial charge is 0.277 e. The van der Waals surface area contributed by atoms with Gasteiger partial charge in [-0.15, -0.1) is 10.2 Å². The fourth-order valence-electron chi connectivity index (χ4n) is 3.01. The molecule has 0 atom stereocenters. The number of sulfonamides is 1. The molecule has 11 heteroatoms. The van der Waals surface area contributed by atoms with E-state index in [-0.39, 0.29) is 21.8 Å². The zero-order valence-corrected chi connectivity index (χ0v) is 17.5. The molecule has 1 aromatic carbocycles. The molecule has 3 heterocycles. The molecule has 1 amide bonds. The lowest BCUT2D eigenvalue weighted by molar-refractivity contribution is -0.113. The second-order valence-electron chi connectivity index (χ2n) is 6.59. The van der Waals surface area contributed by atoms with Crippen molar-refractivity contribution in [3.63, 3.8) is 0 Å². The number of anilines is 1. The number of thioether (sulfide) groups is 1. The predicted molar refractivity (Wildman–Crippen MR) is 111 cm³/mol. The molecule has 1 aliphatic heterocycles. The summed E-state index contributed by atoms with van der Waals surface area (Å²) in [5, 5.41) is 10.8. The second-order valence-corrected chi connectivity index (χ2v) is 9.46. The monoisotopic (exact) mass is 445 g/mol. The Morgan fingerprint density at radius 1 is 1.17 bits per heavy atom. The zero-order valence-electron chi connectivity index (χ0n) is 15.9. The summed E-state index contributed by atoms with van der Waals surface area (Å²) in [6.45, 7) is 1.06. The van der Waals surface area contributed by atoms with Crippen molar-refractivity contribution in [1.29, 1.82) is 0 Å². The van der Waals surface area contributed by atoms with Crippen molar-refractivity contribution in [3.8, 4) is 11.5 Å². The Hall–Kier alpha value is -2.76. The van der Waals surface area contributed by atoms with Crippen LogP contribution in [0.3, 0.4) is 0 Å². The molecule has 0 aliphatic carbocycles. The maximum Gasteiger partial charge on any atom is 0.277 e. The van der Waals surface area contributed by atoms with E-state index in [9.17, 15) is 13.2 Å². The molecule has 0 radical (unpaired) electrons. The lowest BCUT2D eigenvalue weighted by Gasteiger charge is -2.16. The van der Waals surface area contributed by atoms with Crippen LogP contribution in [-0.2, 0) is 14.8 Å². The lowest BCUT2D eigenvalue weighted by Crippen LogP contribution is -2.28. The van der Waals surface area contributed by atoms with E-state index in [0.717, 1.165) is 24.6 Å². The first-order valence-corrected chi connectivity index (χ1v) is 11.7. The third-order valence-electron chi connectivity index (χ3n) is 4.46. The van der Waals surface area contributed by atoms with Gasteiger partial charge in [0.1, 0.15) is 0 Å². The largest absolute Gasteiger partial charge is 0.411 e. The van der Waals surface area contributed by atoms with Crippen LogP contribution in [0, 0.1) is 0 Å². The summed E-state index contributed by atoms with van der Waals surface area (Å²) in [6, 6.07) is 9.84. The third-order valence-corrected chi connectivity index (χ3v) is 7.18. The lowest BCUT2D eigenvalue weighted by atomic mass is 10.3. The van der Waals surface area contributed by atoms with E-state index < -0.39 is 10.0 Å². The fourth-order valence-corrected chi connectivity index (χ4v) is 5.14.